The number of esters is 1. The van der Waals surface area contributed by atoms with Crippen molar-refractivity contribution in [2.75, 3.05) is 19.0 Å². The zero-order valence-corrected chi connectivity index (χ0v) is 31.7. The lowest BCUT2D eigenvalue weighted by atomic mass is 9.82. The average Bonchev–Trinajstić information content (AvgIpc) is 3.81. The van der Waals surface area contributed by atoms with Crippen molar-refractivity contribution in [3.8, 4) is 17.2 Å². The lowest BCUT2D eigenvalue weighted by Gasteiger charge is -2.25. The number of anilines is 1. The Morgan fingerprint density at radius 1 is 0.927 bits per heavy atom. The molecule has 5 aromatic rings. The molecule has 2 aromatic heterocycles. The van der Waals surface area contributed by atoms with Gasteiger partial charge >= 0.3 is 5.97 Å². The van der Waals surface area contributed by atoms with E-state index in [-0.39, 0.29) is 36.0 Å². The lowest BCUT2D eigenvalue weighted by molar-refractivity contribution is -0.148. The number of aromatic nitrogens is 2. The summed E-state index contributed by atoms with van der Waals surface area (Å²) >= 11 is 0. The van der Waals surface area contributed by atoms with Crippen LogP contribution in [-0.4, -0.2) is 51.3 Å². The third-order valence-corrected chi connectivity index (χ3v) is 11.1. The maximum absolute atomic E-state index is 14.0. The molecule has 10 nitrogen and oxygen atoms in total. The number of nitrogens with zero attached hydrogens (tertiary/aromatic N) is 1. The Morgan fingerprint density at radius 2 is 1.75 bits per heavy atom. The molecule has 0 fully saturated rings. The van der Waals surface area contributed by atoms with Gasteiger partial charge in [-0.2, -0.15) is 0 Å². The van der Waals surface area contributed by atoms with Crippen LogP contribution in [-0.2, 0) is 27.2 Å². The normalized spacial score (nSPS) is 21.0. The van der Waals surface area contributed by atoms with Gasteiger partial charge in [0.05, 0.1) is 13.2 Å². The van der Waals surface area contributed by atoms with Crippen LogP contribution in [0.15, 0.2) is 109 Å². The van der Waals surface area contributed by atoms with Gasteiger partial charge in [-0.25, -0.2) is 0 Å². The van der Waals surface area contributed by atoms with E-state index in [9.17, 15) is 19.8 Å². The summed E-state index contributed by atoms with van der Waals surface area (Å²) in [7, 11) is 1.51. The van der Waals surface area contributed by atoms with Gasteiger partial charge < -0.3 is 39.9 Å². The van der Waals surface area contributed by atoms with Crippen LogP contribution in [0.4, 0.5) is 5.69 Å². The zero-order chi connectivity index (χ0) is 38.5. The molecule has 4 bridgehead atoms. The highest BCUT2D eigenvalue weighted by Gasteiger charge is 2.27. The van der Waals surface area contributed by atoms with Gasteiger partial charge in [0.1, 0.15) is 23.5 Å². The second kappa shape index (κ2) is 16.6. The maximum atomic E-state index is 14.0. The van der Waals surface area contributed by atoms with E-state index < -0.39 is 18.1 Å². The molecule has 0 amide bonds. The zero-order valence-electron chi connectivity index (χ0n) is 31.7. The highest BCUT2D eigenvalue weighted by Crippen LogP contribution is 2.37. The summed E-state index contributed by atoms with van der Waals surface area (Å²) in [6.07, 6.45) is 16.2. The first-order valence-corrected chi connectivity index (χ1v) is 19.2. The number of Topliss-reactive ketones (excluding diaryl/α,β-unsaturated/α-hetero) is 1. The molecule has 0 spiro atoms. The minimum Gasteiger partial charge on any atom is -0.508 e. The number of rotatable bonds is 5. The highest BCUT2D eigenvalue weighted by atomic mass is 16.5. The fraction of sp³-hybridized carbons (Fsp3) is 0.333. The number of carbonyl (C=O) groups excluding carboxylic acids is 2. The summed E-state index contributed by atoms with van der Waals surface area (Å²) in [6, 6.07) is 18.4. The number of fused-ring (bicyclic) bond motifs is 3. The van der Waals surface area contributed by atoms with Crippen LogP contribution in [0, 0.1) is 5.92 Å². The standard InChI is InChI=1S/C45H50N4O6/c1-4-29-11-13-38(55-28(2)50)22-37(52)23-42(32-12-14-43(53)44(20-32)54-3)49-26-33-8-6-10-41(40(33)27-49)48-45-21-31(15-16-47-45)39(30-7-5-9-36(51)18-30)19-35-25-46-24-34(35)17-29/h5-10,12,14-15,18,20-21,24-27,29,38-39,42,46-48,51,53H,4,11,13,16-17,19,22-23H2,1-3H3/t29-,38-,39+,42-/m1/s1. The Bertz CT molecular complexity index is 2230. The van der Waals surface area contributed by atoms with Gasteiger partial charge in [0.15, 0.2) is 11.5 Å². The van der Waals surface area contributed by atoms with Gasteiger partial charge in [0, 0.05) is 73.5 Å². The van der Waals surface area contributed by atoms with Gasteiger partial charge in [0.2, 0.25) is 0 Å². The number of phenols is 2. The van der Waals surface area contributed by atoms with E-state index >= 15 is 0 Å². The van der Waals surface area contributed by atoms with Crippen LogP contribution in [0.3, 0.4) is 0 Å². The molecular formula is C45H50N4O6. The largest absolute Gasteiger partial charge is 0.508 e. The first kappa shape index (κ1) is 37.4. The Balaban J connectivity index is 1.32. The molecule has 3 aromatic carbocycles. The van der Waals surface area contributed by atoms with E-state index in [1.54, 1.807) is 18.2 Å². The van der Waals surface area contributed by atoms with Crippen LogP contribution in [0.2, 0.25) is 0 Å². The molecule has 4 heterocycles. The van der Waals surface area contributed by atoms with Crippen molar-refractivity contribution in [1.29, 1.82) is 0 Å². The van der Waals surface area contributed by atoms with Crippen molar-refractivity contribution in [2.45, 2.75) is 76.9 Å². The van der Waals surface area contributed by atoms with Gasteiger partial charge in [-0.3, -0.25) is 9.59 Å². The third-order valence-electron chi connectivity index (χ3n) is 11.1. The predicted molar refractivity (Wildman–Crippen MR) is 214 cm³/mol. The molecule has 0 saturated carbocycles. The van der Waals surface area contributed by atoms with E-state index in [0.717, 1.165) is 64.7 Å². The number of allylic oxidation sites excluding steroid dienone is 2. The molecule has 5 N–H and O–H groups in total. The minimum atomic E-state index is -0.546. The molecule has 0 unspecified atom stereocenters. The fourth-order valence-corrected chi connectivity index (χ4v) is 8.17. The van der Waals surface area contributed by atoms with Gasteiger partial charge in [-0.05, 0) is 95.8 Å². The van der Waals surface area contributed by atoms with Crippen molar-refractivity contribution in [2.24, 2.45) is 5.92 Å². The van der Waals surface area contributed by atoms with E-state index in [1.165, 1.54) is 25.2 Å². The Hall–Kier alpha value is -5.90. The summed E-state index contributed by atoms with van der Waals surface area (Å²) in [5.74, 6) is 1.30. The molecule has 0 radical (unpaired) electrons. The van der Waals surface area contributed by atoms with Crippen molar-refractivity contribution in [1.82, 2.24) is 14.9 Å². The molecule has 7 rings (SSSR count). The molecular weight excluding hydrogens is 693 g/mol. The second-order valence-electron chi connectivity index (χ2n) is 14.8. The van der Waals surface area contributed by atoms with E-state index in [1.807, 2.05) is 42.6 Å². The number of hydrogen-bond acceptors (Lipinski definition) is 8. The van der Waals surface area contributed by atoms with E-state index in [2.05, 4.69) is 63.9 Å². The monoisotopic (exact) mass is 742 g/mol. The average molecular weight is 743 g/mol. The summed E-state index contributed by atoms with van der Waals surface area (Å²) in [5, 5.41) is 30.1. The summed E-state index contributed by atoms with van der Waals surface area (Å²) in [4.78, 5) is 29.7. The highest BCUT2D eigenvalue weighted by molar-refractivity contribution is 5.94. The number of H-pyrrole nitrogens is 1. The number of aromatic hydroxyl groups is 2. The van der Waals surface area contributed by atoms with Crippen molar-refractivity contribution < 1.29 is 29.3 Å². The van der Waals surface area contributed by atoms with Crippen LogP contribution in [0.1, 0.15) is 80.2 Å². The second-order valence-corrected chi connectivity index (χ2v) is 14.8. The summed E-state index contributed by atoms with van der Waals surface area (Å²) < 4.78 is 13.3. The molecule has 0 aliphatic carbocycles. The fourth-order valence-electron chi connectivity index (χ4n) is 8.17. The molecule has 10 heteroatoms. The maximum Gasteiger partial charge on any atom is 0.302 e. The number of methoxy groups -OCH3 is 1. The molecule has 55 heavy (non-hydrogen) atoms. The Morgan fingerprint density at radius 3 is 2.53 bits per heavy atom. The van der Waals surface area contributed by atoms with E-state index in [0.29, 0.717) is 24.6 Å². The number of benzene rings is 3. The van der Waals surface area contributed by atoms with E-state index in [4.69, 9.17) is 9.47 Å². The Kier molecular flexibility index (Phi) is 11.3. The molecule has 4 atom stereocenters. The van der Waals surface area contributed by atoms with Crippen LogP contribution >= 0.6 is 0 Å². The molecule has 286 valence electrons. The lowest BCUT2D eigenvalue weighted by Crippen LogP contribution is -2.24. The molecule has 2 aliphatic heterocycles. The number of nitrogens with one attached hydrogen (secondary N) is 3. The number of aromatic amines is 1. The molecule has 2 aliphatic rings. The summed E-state index contributed by atoms with van der Waals surface area (Å²) in [6.45, 7) is 4.21. The number of dihydropyridines is 1. The topological polar surface area (TPSA) is 138 Å². The van der Waals surface area contributed by atoms with Gasteiger partial charge in [-0.15, -0.1) is 0 Å². The quantitative estimate of drug-likeness (QED) is 0.113. The third kappa shape index (κ3) is 8.75. The Labute approximate surface area is 321 Å². The number of phenolic OH excluding ortho intramolecular Hbond substituents is 2. The number of ether oxygens (including phenoxy) is 2. The number of hydrogen-bond donors (Lipinski definition) is 5. The SMILES string of the molecule is CC[C@@H]1CC[C@@H](OC(C)=O)CC(=O)C[C@H](c2ccc(O)c(OC)c2)n2cc3cccc(c3c2)NC2=CC(=CCN2)[C@H](c2cccc(O)c2)Cc2c[nH]cc2C1. The van der Waals surface area contributed by atoms with Crippen molar-refractivity contribution >= 4 is 28.2 Å². The first-order valence-electron chi connectivity index (χ1n) is 19.2. The summed E-state index contributed by atoms with van der Waals surface area (Å²) in [5.41, 5.74) is 6.34. The van der Waals surface area contributed by atoms with Crippen LogP contribution in [0.5, 0.6) is 17.2 Å². The molecule has 0 saturated heterocycles. The first-order chi connectivity index (χ1) is 26.7. The predicted octanol–water partition coefficient (Wildman–Crippen LogP) is 8.43. The number of carbonyl (C=O) groups is 2. The van der Waals surface area contributed by atoms with Crippen molar-refractivity contribution in [3.63, 3.8) is 0 Å². The van der Waals surface area contributed by atoms with Crippen molar-refractivity contribution in [3.05, 3.63) is 131 Å². The van der Waals surface area contributed by atoms with Crippen LogP contribution < -0.4 is 15.4 Å². The minimum absolute atomic E-state index is 0.0181. The number of ketones is 1. The van der Waals surface area contributed by atoms with Gasteiger partial charge in [0.25, 0.3) is 0 Å². The van der Waals surface area contributed by atoms with Gasteiger partial charge in [-0.1, -0.05) is 49.8 Å². The van der Waals surface area contributed by atoms with Crippen LogP contribution in [0.25, 0.3) is 10.8 Å². The smallest absolute Gasteiger partial charge is 0.302 e.